The first-order valence-electron chi connectivity index (χ1n) is 7.85. The van der Waals surface area contributed by atoms with Gasteiger partial charge in [0.25, 0.3) is 0 Å². The molecule has 1 aromatic carbocycles. The van der Waals surface area contributed by atoms with Crippen LogP contribution in [0.2, 0.25) is 0 Å². The number of nitrogens with one attached hydrogen (secondary N) is 2. The molecule has 1 amide bonds. The standard InChI is InChI=1S/C17H22N2O5/c1-23-16(21)12-7-13(17(22)24-2)9-14(8-12)19-15(20)4-3-11-5-6-18-10-11/h7-9,11,18H,3-6,10H2,1-2H3,(H,19,20). The summed E-state index contributed by atoms with van der Waals surface area (Å²) in [6, 6.07) is 4.33. The number of carbonyl (C=O) groups is 3. The molecule has 0 saturated carbocycles. The van der Waals surface area contributed by atoms with Crippen molar-refractivity contribution in [2.75, 3.05) is 32.6 Å². The fourth-order valence-corrected chi connectivity index (χ4v) is 2.69. The van der Waals surface area contributed by atoms with E-state index in [9.17, 15) is 14.4 Å². The van der Waals surface area contributed by atoms with Gasteiger partial charge in [0.2, 0.25) is 5.91 Å². The quantitative estimate of drug-likeness (QED) is 0.767. The molecule has 1 saturated heterocycles. The van der Waals surface area contributed by atoms with Crippen LogP contribution < -0.4 is 10.6 Å². The minimum atomic E-state index is -0.590. The second kappa shape index (κ2) is 8.44. The first-order valence-corrected chi connectivity index (χ1v) is 7.85. The molecule has 0 aliphatic carbocycles. The lowest BCUT2D eigenvalue weighted by molar-refractivity contribution is -0.116. The van der Waals surface area contributed by atoms with Crippen molar-refractivity contribution >= 4 is 23.5 Å². The lowest BCUT2D eigenvalue weighted by Crippen LogP contribution is -2.16. The summed E-state index contributed by atoms with van der Waals surface area (Å²) in [6.45, 7) is 1.94. The Balaban J connectivity index is 2.07. The van der Waals surface area contributed by atoms with E-state index < -0.39 is 11.9 Å². The average Bonchev–Trinajstić information content (AvgIpc) is 3.11. The van der Waals surface area contributed by atoms with Crippen molar-refractivity contribution in [3.8, 4) is 0 Å². The summed E-state index contributed by atoms with van der Waals surface area (Å²) in [5.74, 6) is -0.816. The molecule has 1 unspecified atom stereocenters. The molecule has 0 spiro atoms. The number of ether oxygens (including phenoxy) is 2. The van der Waals surface area contributed by atoms with E-state index in [1.807, 2.05) is 0 Å². The van der Waals surface area contributed by atoms with Gasteiger partial charge in [-0.25, -0.2) is 9.59 Å². The van der Waals surface area contributed by atoms with Gasteiger partial charge in [-0.05, 0) is 50.0 Å². The van der Waals surface area contributed by atoms with Crippen LogP contribution in [0.3, 0.4) is 0 Å². The third-order valence-corrected chi connectivity index (χ3v) is 4.00. The molecular formula is C17H22N2O5. The Morgan fingerprint density at radius 1 is 1.12 bits per heavy atom. The smallest absolute Gasteiger partial charge is 0.337 e. The number of benzene rings is 1. The Labute approximate surface area is 140 Å². The molecule has 1 fully saturated rings. The van der Waals surface area contributed by atoms with Crippen LogP contribution >= 0.6 is 0 Å². The number of carbonyl (C=O) groups excluding carboxylic acids is 3. The zero-order valence-electron chi connectivity index (χ0n) is 13.9. The molecule has 0 radical (unpaired) electrons. The number of rotatable bonds is 6. The molecule has 0 bridgehead atoms. The summed E-state index contributed by atoms with van der Waals surface area (Å²) in [7, 11) is 2.50. The van der Waals surface area contributed by atoms with Gasteiger partial charge in [0.15, 0.2) is 0 Å². The second-order valence-electron chi connectivity index (χ2n) is 5.73. The Hall–Kier alpha value is -2.41. The predicted octanol–water partition coefficient (Wildman–Crippen LogP) is 1.59. The Morgan fingerprint density at radius 2 is 1.75 bits per heavy atom. The fourth-order valence-electron chi connectivity index (χ4n) is 2.69. The van der Waals surface area contributed by atoms with Crippen LogP contribution in [-0.2, 0) is 14.3 Å². The van der Waals surface area contributed by atoms with Crippen LogP contribution in [-0.4, -0.2) is 45.2 Å². The van der Waals surface area contributed by atoms with Crippen LogP contribution in [0.1, 0.15) is 40.0 Å². The predicted molar refractivity (Wildman–Crippen MR) is 88.0 cm³/mol. The summed E-state index contributed by atoms with van der Waals surface area (Å²) in [5, 5.41) is 5.99. The number of methoxy groups -OCH3 is 2. The molecule has 7 heteroatoms. The molecule has 130 valence electrons. The van der Waals surface area contributed by atoms with Crippen LogP contribution in [0.25, 0.3) is 0 Å². The third-order valence-electron chi connectivity index (χ3n) is 4.00. The van der Waals surface area contributed by atoms with Crippen molar-refractivity contribution in [2.45, 2.75) is 19.3 Å². The second-order valence-corrected chi connectivity index (χ2v) is 5.73. The lowest BCUT2D eigenvalue weighted by Gasteiger charge is -2.11. The lowest BCUT2D eigenvalue weighted by atomic mass is 10.0. The molecule has 1 heterocycles. The van der Waals surface area contributed by atoms with Crippen molar-refractivity contribution in [3.05, 3.63) is 29.3 Å². The minimum absolute atomic E-state index is 0.153. The molecule has 1 aliphatic rings. The van der Waals surface area contributed by atoms with E-state index in [0.717, 1.165) is 25.9 Å². The maximum Gasteiger partial charge on any atom is 0.337 e. The highest BCUT2D eigenvalue weighted by Gasteiger charge is 2.17. The van der Waals surface area contributed by atoms with Gasteiger partial charge < -0.3 is 20.1 Å². The Kier molecular flexibility index (Phi) is 6.31. The molecule has 1 aliphatic heterocycles. The number of amides is 1. The van der Waals surface area contributed by atoms with Gasteiger partial charge in [0, 0.05) is 12.1 Å². The summed E-state index contributed by atoms with van der Waals surface area (Å²) in [4.78, 5) is 35.5. The first-order chi connectivity index (χ1) is 11.5. The summed E-state index contributed by atoms with van der Waals surface area (Å²) in [5.41, 5.74) is 0.722. The summed E-state index contributed by atoms with van der Waals surface area (Å²) in [6.07, 6.45) is 2.28. The number of hydrogen-bond acceptors (Lipinski definition) is 6. The van der Waals surface area contributed by atoms with Crippen molar-refractivity contribution in [3.63, 3.8) is 0 Å². The van der Waals surface area contributed by atoms with Crippen molar-refractivity contribution in [1.82, 2.24) is 5.32 Å². The topological polar surface area (TPSA) is 93.7 Å². The van der Waals surface area contributed by atoms with Gasteiger partial charge in [-0.2, -0.15) is 0 Å². The minimum Gasteiger partial charge on any atom is -0.465 e. The molecule has 2 rings (SSSR count). The molecule has 7 nitrogen and oxygen atoms in total. The monoisotopic (exact) mass is 334 g/mol. The molecule has 1 atom stereocenters. The van der Waals surface area contributed by atoms with Crippen LogP contribution in [0, 0.1) is 5.92 Å². The number of anilines is 1. The molecule has 2 N–H and O–H groups in total. The largest absolute Gasteiger partial charge is 0.465 e. The number of hydrogen-bond donors (Lipinski definition) is 2. The van der Waals surface area contributed by atoms with Gasteiger partial charge in [-0.15, -0.1) is 0 Å². The maximum absolute atomic E-state index is 12.1. The normalized spacial score (nSPS) is 16.5. The third kappa shape index (κ3) is 4.79. The van der Waals surface area contributed by atoms with E-state index in [1.54, 1.807) is 0 Å². The average molecular weight is 334 g/mol. The van der Waals surface area contributed by atoms with Crippen LogP contribution in [0.4, 0.5) is 5.69 Å². The zero-order chi connectivity index (χ0) is 17.5. The van der Waals surface area contributed by atoms with Gasteiger partial charge in [-0.1, -0.05) is 0 Å². The van der Waals surface area contributed by atoms with E-state index in [2.05, 4.69) is 20.1 Å². The van der Waals surface area contributed by atoms with Gasteiger partial charge in [0.1, 0.15) is 0 Å². The van der Waals surface area contributed by atoms with Gasteiger partial charge >= 0.3 is 11.9 Å². The van der Waals surface area contributed by atoms with Crippen LogP contribution in [0.15, 0.2) is 18.2 Å². The van der Waals surface area contributed by atoms with Crippen molar-refractivity contribution in [2.24, 2.45) is 5.92 Å². The number of esters is 2. The summed E-state index contributed by atoms with van der Waals surface area (Å²) >= 11 is 0. The highest BCUT2D eigenvalue weighted by atomic mass is 16.5. The van der Waals surface area contributed by atoms with Crippen LogP contribution in [0.5, 0.6) is 0 Å². The molecule has 0 aromatic heterocycles. The van der Waals surface area contributed by atoms with Crippen molar-refractivity contribution < 1.29 is 23.9 Å². The highest BCUT2D eigenvalue weighted by Crippen LogP contribution is 2.19. The van der Waals surface area contributed by atoms with E-state index in [1.165, 1.54) is 32.4 Å². The summed E-state index contributed by atoms with van der Waals surface area (Å²) < 4.78 is 9.34. The van der Waals surface area contributed by atoms with E-state index in [4.69, 9.17) is 0 Å². The van der Waals surface area contributed by atoms with Crippen molar-refractivity contribution in [1.29, 1.82) is 0 Å². The molecule has 1 aromatic rings. The maximum atomic E-state index is 12.1. The fraction of sp³-hybridized carbons (Fsp3) is 0.471. The Bertz CT molecular complexity index is 589. The molecule has 24 heavy (non-hydrogen) atoms. The van der Waals surface area contributed by atoms with E-state index in [0.29, 0.717) is 18.0 Å². The van der Waals surface area contributed by atoms with Gasteiger partial charge in [0.05, 0.1) is 25.3 Å². The first kappa shape index (κ1) is 17.9. The van der Waals surface area contributed by atoms with Gasteiger partial charge in [-0.3, -0.25) is 4.79 Å². The zero-order valence-corrected chi connectivity index (χ0v) is 13.9. The van der Waals surface area contributed by atoms with E-state index in [-0.39, 0.29) is 17.0 Å². The highest BCUT2D eigenvalue weighted by molar-refractivity contribution is 5.99. The SMILES string of the molecule is COC(=O)c1cc(NC(=O)CCC2CCNC2)cc(C(=O)OC)c1. The molecular weight excluding hydrogens is 312 g/mol. The van der Waals surface area contributed by atoms with E-state index >= 15 is 0 Å². The Morgan fingerprint density at radius 3 is 2.25 bits per heavy atom.